The number of halogens is 1. The molecule has 1 aliphatic rings. The van der Waals surface area contributed by atoms with Crippen LogP contribution in [0.4, 0.5) is 5.82 Å². The second-order valence-corrected chi connectivity index (χ2v) is 5.60. The lowest BCUT2D eigenvalue weighted by Gasteiger charge is -2.08. The fourth-order valence-electron chi connectivity index (χ4n) is 1.84. The number of benzene rings is 1. The first-order valence-corrected chi connectivity index (χ1v) is 7.02. The molecule has 1 aromatic heterocycles. The van der Waals surface area contributed by atoms with Crippen LogP contribution in [0.5, 0.6) is 5.88 Å². The molecule has 19 heavy (non-hydrogen) atoms. The molecule has 0 saturated heterocycles. The van der Waals surface area contributed by atoms with E-state index in [1.54, 1.807) is 6.07 Å². The van der Waals surface area contributed by atoms with Crippen LogP contribution in [0.2, 0.25) is 0 Å². The average Bonchev–Trinajstić information content (AvgIpc) is 3.20. The van der Waals surface area contributed by atoms with E-state index in [-0.39, 0.29) is 0 Å². The van der Waals surface area contributed by atoms with Crippen molar-refractivity contribution in [2.75, 3.05) is 5.73 Å². The fraction of sp³-hybridized carbons (Fsp3) is 0.286. The molecule has 0 amide bonds. The van der Waals surface area contributed by atoms with Crippen LogP contribution in [-0.4, -0.2) is 9.97 Å². The minimum atomic E-state index is 0.469. The highest BCUT2D eigenvalue weighted by atomic mass is 79.9. The quantitative estimate of drug-likeness (QED) is 0.939. The van der Waals surface area contributed by atoms with E-state index in [1.807, 2.05) is 24.3 Å². The maximum atomic E-state index is 5.78. The number of rotatable bonds is 4. The van der Waals surface area contributed by atoms with Crippen LogP contribution in [0.3, 0.4) is 0 Å². The number of anilines is 1. The monoisotopic (exact) mass is 319 g/mol. The number of ether oxygens (including phenoxy) is 1. The number of hydrogen-bond donors (Lipinski definition) is 1. The maximum Gasteiger partial charge on any atom is 0.219 e. The van der Waals surface area contributed by atoms with Crippen LogP contribution in [0.1, 0.15) is 30.1 Å². The highest BCUT2D eigenvalue weighted by molar-refractivity contribution is 9.10. The van der Waals surface area contributed by atoms with E-state index in [2.05, 4.69) is 25.9 Å². The molecule has 1 aromatic carbocycles. The molecule has 0 bridgehead atoms. The third-order valence-electron chi connectivity index (χ3n) is 2.96. The van der Waals surface area contributed by atoms with Crippen molar-refractivity contribution in [3.05, 3.63) is 46.2 Å². The molecule has 3 rings (SSSR count). The van der Waals surface area contributed by atoms with Gasteiger partial charge in [0.25, 0.3) is 0 Å². The highest BCUT2D eigenvalue weighted by Crippen LogP contribution is 2.38. The van der Waals surface area contributed by atoms with Crippen molar-refractivity contribution in [2.24, 2.45) is 0 Å². The van der Waals surface area contributed by atoms with Crippen molar-refractivity contribution in [3.63, 3.8) is 0 Å². The molecule has 1 fully saturated rings. The minimum Gasteiger partial charge on any atom is -0.473 e. The molecule has 98 valence electrons. The normalized spacial score (nSPS) is 14.4. The molecule has 4 nitrogen and oxygen atoms in total. The summed E-state index contributed by atoms with van der Waals surface area (Å²) in [5.41, 5.74) is 6.86. The third-order valence-corrected chi connectivity index (χ3v) is 3.45. The van der Waals surface area contributed by atoms with Crippen molar-refractivity contribution >= 4 is 21.7 Å². The van der Waals surface area contributed by atoms with Crippen LogP contribution in [0, 0.1) is 0 Å². The van der Waals surface area contributed by atoms with E-state index in [0.717, 1.165) is 28.7 Å². The zero-order valence-electron chi connectivity index (χ0n) is 10.3. The molecule has 0 spiro atoms. The van der Waals surface area contributed by atoms with Gasteiger partial charge in [-0.3, -0.25) is 0 Å². The zero-order valence-corrected chi connectivity index (χ0v) is 11.9. The molecule has 2 N–H and O–H groups in total. The second kappa shape index (κ2) is 5.17. The standard InChI is InChI=1S/C14H14BrN3O/c15-11-3-1-2-9(6-11)8-19-13-7-12(16)17-14(18-13)10-4-5-10/h1-3,6-7,10H,4-5,8H2,(H2,16,17,18). The zero-order chi connectivity index (χ0) is 13.2. The van der Waals surface area contributed by atoms with Gasteiger partial charge in [0.2, 0.25) is 5.88 Å². The van der Waals surface area contributed by atoms with Gasteiger partial charge in [-0.05, 0) is 30.5 Å². The number of nitrogens with zero attached hydrogens (tertiary/aromatic N) is 2. The third kappa shape index (κ3) is 3.23. The van der Waals surface area contributed by atoms with Crippen molar-refractivity contribution in [2.45, 2.75) is 25.4 Å². The van der Waals surface area contributed by atoms with E-state index in [0.29, 0.717) is 24.2 Å². The molecular weight excluding hydrogens is 306 g/mol. The number of aromatic nitrogens is 2. The number of nitrogens with two attached hydrogens (primary N) is 1. The van der Waals surface area contributed by atoms with E-state index in [9.17, 15) is 0 Å². The molecule has 1 heterocycles. The highest BCUT2D eigenvalue weighted by Gasteiger charge is 2.27. The van der Waals surface area contributed by atoms with Crippen molar-refractivity contribution in [1.29, 1.82) is 0 Å². The predicted octanol–water partition coefficient (Wildman–Crippen LogP) is 3.28. The van der Waals surface area contributed by atoms with E-state index in [1.165, 1.54) is 0 Å². The van der Waals surface area contributed by atoms with Crippen molar-refractivity contribution in [3.8, 4) is 5.88 Å². The first-order chi connectivity index (χ1) is 9.20. The number of nitrogen functional groups attached to an aromatic ring is 1. The Bertz CT molecular complexity index is 599. The van der Waals surface area contributed by atoms with E-state index in [4.69, 9.17) is 10.5 Å². The predicted molar refractivity (Wildman–Crippen MR) is 76.9 cm³/mol. The van der Waals surface area contributed by atoms with Gasteiger partial charge in [0.15, 0.2) is 0 Å². The maximum absolute atomic E-state index is 5.78. The summed E-state index contributed by atoms with van der Waals surface area (Å²) < 4.78 is 6.73. The van der Waals surface area contributed by atoms with Gasteiger partial charge >= 0.3 is 0 Å². The fourth-order valence-corrected chi connectivity index (χ4v) is 2.29. The summed E-state index contributed by atoms with van der Waals surface area (Å²) in [5, 5.41) is 0. The van der Waals surface area contributed by atoms with Gasteiger partial charge in [0.05, 0.1) is 0 Å². The molecule has 0 radical (unpaired) electrons. The van der Waals surface area contributed by atoms with E-state index >= 15 is 0 Å². The molecule has 5 heteroatoms. The second-order valence-electron chi connectivity index (χ2n) is 4.68. The van der Waals surface area contributed by atoms with Gasteiger partial charge in [-0.25, -0.2) is 4.98 Å². The molecule has 0 unspecified atom stereocenters. The SMILES string of the molecule is Nc1cc(OCc2cccc(Br)c2)nc(C2CC2)n1. The Morgan fingerprint density at radius 2 is 2.11 bits per heavy atom. The van der Waals surface area contributed by atoms with Crippen molar-refractivity contribution in [1.82, 2.24) is 9.97 Å². The summed E-state index contributed by atoms with van der Waals surface area (Å²) in [7, 11) is 0. The van der Waals surface area contributed by atoms with Crippen LogP contribution < -0.4 is 10.5 Å². The lowest BCUT2D eigenvalue weighted by molar-refractivity contribution is 0.292. The molecule has 0 atom stereocenters. The smallest absolute Gasteiger partial charge is 0.219 e. The molecular formula is C14H14BrN3O. The summed E-state index contributed by atoms with van der Waals surface area (Å²) in [4.78, 5) is 8.65. The molecule has 2 aromatic rings. The Balaban J connectivity index is 1.72. The first kappa shape index (κ1) is 12.4. The minimum absolute atomic E-state index is 0.469. The van der Waals surface area contributed by atoms with E-state index < -0.39 is 0 Å². The van der Waals surface area contributed by atoms with Crippen LogP contribution >= 0.6 is 15.9 Å². The lowest BCUT2D eigenvalue weighted by atomic mass is 10.2. The number of hydrogen-bond acceptors (Lipinski definition) is 4. The Labute approximate surface area is 120 Å². The Kier molecular flexibility index (Phi) is 3.38. The topological polar surface area (TPSA) is 61.0 Å². The van der Waals surface area contributed by atoms with Gasteiger partial charge in [-0.15, -0.1) is 0 Å². The molecule has 1 saturated carbocycles. The Morgan fingerprint density at radius 1 is 1.26 bits per heavy atom. The summed E-state index contributed by atoms with van der Waals surface area (Å²) in [6, 6.07) is 9.66. The summed E-state index contributed by atoms with van der Waals surface area (Å²) in [5.74, 6) is 2.30. The first-order valence-electron chi connectivity index (χ1n) is 6.22. The van der Waals surface area contributed by atoms with Gasteiger partial charge in [0.1, 0.15) is 18.2 Å². The van der Waals surface area contributed by atoms with Gasteiger partial charge < -0.3 is 10.5 Å². The Hall–Kier alpha value is -1.62. The molecule has 0 aliphatic heterocycles. The average molecular weight is 320 g/mol. The van der Waals surface area contributed by atoms with Crippen molar-refractivity contribution < 1.29 is 4.74 Å². The van der Waals surface area contributed by atoms with Crippen LogP contribution in [0.25, 0.3) is 0 Å². The van der Waals surface area contributed by atoms with Gasteiger partial charge in [0, 0.05) is 16.5 Å². The van der Waals surface area contributed by atoms with Gasteiger partial charge in [-0.2, -0.15) is 4.98 Å². The summed E-state index contributed by atoms with van der Waals surface area (Å²) in [6.07, 6.45) is 2.29. The summed E-state index contributed by atoms with van der Waals surface area (Å²) in [6.45, 7) is 0.472. The Morgan fingerprint density at radius 3 is 2.84 bits per heavy atom. The van der Waals surface area contributed by atoms with Gasteiger partial charge in [-0.1, -0.05) is 28.1 Å². The van der Waals surface area contributed by atoms with Crippen LogP contribution in [-0.2, 0) is 6.61 Å². The largest absolute Gasteiger partial charge is 0.473 e. The summed E-state index contributed by atoms with van der Waals surface area (Å²) >= 11 is 3.44. The lowest BCUT2D eigenvalue weighted by Crippen LogP contribution is -2.03. The molecule has 1 aliphatic carbocycles. The van der Waals surface area contributed by atoms with Crippen LogP contribution in [0.15, 0.2) is 34.8 Å².